The van der Waals surface area contributed by atoms with Crippen molar-refractivity contribution in [2.24, 2.45) is 0 Å². The van der Waals surface area contributed by atoms with Crippen LogP contribution in [0.2, 0.25) is 0 Å². The number of amides is 2. The summed E-state index contributed by atoms with van der Waals surface area (Å²) in [5, 5.41) is 13.7. The summed E-state index contributed by atoms with van der Waals surface area (Å²) in [7, 11) is 2.12. The molecule has 2 fully saturated rings. The first kappa shape index (κ1) is 16.5. The Labute approximate surface area is 160 Å². The Balaban J connectivity index is 1.38. The molecule has 138 valence electrons. The Morgan fingerprint density at radius 3 is 2.85 bits per heavy atom. The van der Waals surface area contributed by atoms with E-state index in [0.29, 0.717) is 17.9 Å². The number of carbonyl (C=O) groups is 1. The summed E-state index contributed by atoms with van der Waals surface area (Å²) in [5.41, 5.74) is 1.55. The van der Waals surface area contributed by atoms with Gasteiger partial charge in [0.2, 0.25) is 0 Å². The summed E-state index contributed by atoms with van der Waals surface area (Å²) in [6.45, 7) is 3.64. The molecule has 5 rings (SSSR count). The first-order valence-corrected chi connectivity index (χ1v) is 9.73. The molecule has 2 bridgehead atoms. The van der Waals surface area contributed by atoms with E-state index in [1.54, 1.807) is 6.20 Å². The Kier molecular flexibility index (Phi) is 3.80. The number of likely N-dealkylation sites (tertiary alicyclic amines) is 2. The van der Waals surface area contributed by atoms with Crippen LogP contribution >= 0.6 is 11.3 Å². The van der Waals surface area contributed by atoms with Crippen LogP contribution in [-0.4, -0.2) is 68.2 Å². The van der Waals surface area contributed by atoms with Crippen LogP contribution in [0, 0.1) is 6.92 Å². The van der Waals surface area contributed by atoms with Crippen molar-refractivity contribution in [3.63, 3.8) is 0 Å². The fourth-order valence-corrected chi connectivity index (χ4v) is 4.56. The second-order valence-corrected chi connectivity index (χ2v) is 8.33. The van der Waals surface area contributed by atoms with E-state index >= 15 is 0 Å². The van der Waals surface area contributed by atoms with Gasteiger partial charge in [0, 0.05) is 42.8 Å². The summed E-state index contributed by atoms with van der Waals surface area (Å²) in [6, 6.07) is 6.38. The molecule has 0 saturated carbocycles. The number of pyridine rings is 2. The number of hydrogen-bond acceptors (Lipinski definition) is 7. The smallest absolute Gasteiger partial charge is 0.319 e. The number of hydrogen-bond donors (Lipinski definition) is 1. The molecule has 2 atom stereocenters. The molecule has 2 aliphatic heterocycles. The fraction of sp³-hybridized carbons (Fsp3) is 0.389. The van der Waals surface area contributed by atoms with E-state index in [1.807, 2.05) is 30.0 Å². The molecule has 8 nitrogen and oxygen atoms in total. The molecule has 2 amide bonds. The lowest BCUT2D eigenvalue weighted by Gasteiger charge is -2.31. The predicted molar refractivity (Wildman–Crippen MR) is 104 cm³/mol. The monoisotopic (exact) mass is 381 g/mol. The molecule has 9 heteroatoms. The standard InChI is InChI=1S/C18H19N7OS/c1-10-22-23-17(27-10)14-4-3-11-7-19-16(6-15(11)20-14)21-18(26)25-9-12-5-13(25)8-24(12)2/h3-4,6-7,12-13H,5,8-9H2,1-2H3,(H,19,21,26)/t12-,13-/m0/s1. The van der Waals surface area contributed by atoms with Gasteiger partial charge < -0.3 is 4.90 Å². The second-order valence-electron chi connectivity index (χ2n) is 7.15. The number of nitrogens with zero attached hydrogens (tertiary/aromatic N) is 6. The maximum Gasteiger partial charge on any atom is 0.323 e. The average molecular weight is 381 g/mol. The molecule has 27 heavy (non-hydrogen) atoms. The molecule has 0 radical (unpaired) electrons. The third-order valence-corrected chi connectivity index (χ3v) is 6.19. The number of urea groups is 1. The summed E-state index contributed by atoms with van der Waals surface area (Å²) in [4.78, 5) is 25.9. The Morgan fingerprint density at radius 2 is 2.15 bits per heavy atom. The van der Waals surface area contributed by atoms with Gasteiger partial charge in [-0.05, 0) is 32.5 Å². The highest BCUT2D eigenvalue weighted by Crippen LogP contribution is 2.30. The van der Waals surface area contributed by atoms with Crippen LogP contribution in [0.4, 0.5) is 10.6 Å². The lowest BCUT2D eigenvalue weighted by atomic mass is 10.2. The molecule has 2 saturated heterocycles. The minimum Gasteiger partial charge on any atom is -0.319 e. The summed E-state index contributed by atoms with van der Waals surface area (Å²) in [5.74, 6) is 0.515. The van der Waals surface area contributed by atoms with Gasteiger partial charge in [0.15, 0.2) is 5.01 Å². The van der Waals surface area contributed by atoms with Crippen molar-refractivity contribution in [1.82, 2.24) is 30.0 Å². The van der Waals surface area contributed by atoms with Gasteiger partial charge in [0.05, 0.1) is 5.52 Å². The van der Waals surface area contributed by atoms with Crippen LogP contribution in [0.3, 0.4) is 0 Å². The number of aromatic nitrogens is 4. The van der Waals surface area contributed by atoms with Crippen molar-refractivity contribution in [2.75, 3.05) is 25.5 Å². The topological polar surface area (TPSA) is 87.1 Å². The van der Waals surface area contributed by atoms with E-state index < -0.39 is 0 Å². The Bertz CT molecular complexity index is 1030. The molecule has 2 aliphatic rings. The highest BCUT2D eigenvalue weighted by Gasteiger charge is 2.43. The average Bonchev–Trinajstić information content (AvgIpc) is 3.36. The number of fused-ring (bicyclic) bond motifs is 3. The van der Waals surface area contributed by atoms with E-state index in [4.69, 9.17) is 0 Å². The van der Waals surface area contributed by atoms with Crippen LogP contribution in [0.1, 0.15) is 11.4 Å². The zero-order valence-corrected chi connectivity index (χ0v) is 15.9. The molecule has 0 spiro atoms. The van der Waals surface area contributed by atoms with Crippen LogP contribution in [0.5, 0.6) is 0 Å². The van der Waals surface area contributed by atoms with Crippen molar-refractivity contribution in [1.29, 1.82) is 0 Å². The molecule has 0 aromatic carbocycles. The van der Waals surface area contributed by atoms with E-state index in [2.05, 4.69) is 37.4 Å². The first-order valence-electron chi connectivity index (χ1n) is 8.92. The van der Waals surface area contributed by atoms with Gasteiger partial charge in [0.1, 0.15) is 16.5 Å². The Morgan fingerprint density at radius 1 is 1.26 bits per heavy atom. The number of likely N-dealkylation sites (N-methyl/N-ethyl adjacent to an activating group) is 1. The molecule has 3 aromatic rings. The largest absolute Gasteiger partial charge is 0.323 e. The molecule has 0 aliphatic carbocycles. The lowest BCUT2D eigenvalue weighted by Crippen LogP contribution is -2.48. The number of aryl methyl sites for hydroxylation is 1. The van der Waals surface area contributed by atoms with E-state index in [0.717, 1.165) is 46.1 Å². The van der Waals surface area contributed by atoms with E-state index in [9.17, 15) is 4.79 Å². The molecule has 0 unspecified atom stereocenters. The third-order valence-electron chi connectivity index (χ3n) is 5.33. The number of nitrogens with one attached hydrogen (secondary N) is 1. The molecule has 5 heterocycles. The quantitative estimate of drug-likeness (QED) is 0.733. The van der Waals surface area contributed by atoms with Crippen LogP contribution in [0.15, 0.2) is 24.4 Å². The lowest BCUT2D eigenvalue weighted by molar-refractivity contribution is 0.161. The molecule has 1 N–H and O–H groups in total. The van der Waals surface area contributed by atoms with Crippen molar-refractivity contribution in [2.45, 2.75) is 25.4 Å². The number of piperazine rings is 1. The third kappa shape index (κ3) is 2.92. The zero-order chi connectivity index (χ0) is 18.5. The van der Waals surface area contributed by atoms with Crippen molar-refractivity contribution in [3.05, 3.63) is 29.4 Å². The summed E-state index contributed by atoms with van der Waals surface area (Å²) in [6.07, 6.45) is 2.79. The predicted octanol–water partition coefficient (Wildman–Crippen LogP) is 2.38. The van der Waals surface area contributed by atoms with Gasteiger partial charge in [-0.25, -0.2) is 14.8 Å². The molecule has 3 aromatic heterocycles. The van der Waals surface area contributed by atoms with Gasteiger partial charge >= 0.3 is 6.03 Å². The summed E-state index contributed by atoms with van der Waals surface area (Å²) < 4.78 is 0. The van der Waals surface area contributed by atoms with Crippen LogP contribution in [-0.2, 0) is 0 Å². The normalized spacial score (nSPS) is 21.9. The second kappa shape index (κ2) is 6.21. The van der Waals surface area contributed by atoms with Crippen LogP contribution in [0.25, 0.3) is 21.6 Å². The highest BCUT2D eigenvalue weighted by atomic mass is 32.1. The highest BCUT2D eigenvalue weighted by molar-refractivity contribution is 7.14. The van der Waals surface area contributed by atoms with Crippen molar-refractivity contribution in [3.8, 4) is 10.7 Å². The SMILES string of the molecule is Cc1nnc(-c2ccc3cnc(NC(=O)N4C[C@@H]5C[C@H]4CN5C)cc3n2)s1. The Hall–Kier alpha value is -2.65. The minimum atomic E-state index is -0.0849. The maximum atomic E-state index is 12.7. The molecular formula is C18H19N7OS. The van der Waals surface area contributed by atoms with Gasteiger partial charge in [-0.1, -0.05) is 11.3 Å². The number of carbonyl (C=O) groups excluding carboxylic acids is 1. The van der Waals surface area contributed by atoms with Gasteiger partial charge in [-0.15, -0.1) is 10.2 Å². The zero-order valence-electron chi connectivity index (χ0n) is 15.1. The van der Waals surface area contributed by atoms with Crippen LogP contribution < -0.4 is 5.32 Å². The van der Waals surface area contributed by atoms with Gasteiger partial charge in [-0.2, -0.15) is 0 Å². The number of rotatable bonds is 2. The van der Waals surface area contributed by atoms with E-state index in [1.165, 1.54) is 11.3 Å². The fourth-order valence-electron chi connectivity index (χ4n) is 3.90. The van der Waals surface area contributed by atoms with Gasteiger partial charge in [-0.3, -0.25) is 10.2 Å². The molecular weight excluding hydrogens is 362 g/mol. The van der Waals surface area contributed by atoms with E-state index in [-0.39, 0.29) is 6.03 Å². The van der Waals surface area contributed by atoms with Crippen molar-refractivity contribution >= 4 is 34.1 Å². The van der Waals surface area contributed by atoms with Crippen molar-refractivity contribution < 1.29 is 4.79 Å². The maximum absolute atomic E-state index is 12.7. The first-order chi connectivity index (χ1) is 13.1. The van der Waals surface area contributed by atoms with Gasteiger partial charge in [0.25, 0.3) is 0 Å². The summed E-state index contributed by atoms with van der Waals surface area (Å²) >= 11 is 1.51. The number of anilines is 1. The minimum absolute atomic E-state index is 0.0849.